The molecule has 0 bridgehead atoms. The summed E-state index contributed by atoms with van der Waals surface area (Å²) in [5.41, 5.74) is -0.0416. The Morgan fingerprint density at radius 3 is 2.57 bits per heavy atom. The van der Waals surface area contributed by atoms with Crippen molar-refractivity contribution in [3.8, 4) is 0 Å². The Balaban J connectivity index is 1.92. The maximum absolute atomic E-state index is 10.7. The molecular weight excluding hydrogens is 250 g/mol. The number of alkyl halides is 1. The van der Waals surface area contributed by atoms with Crippen molar-refractivity contribution in [2.45, 2.75) is 29.7 Å². The molecule has 0 aliphatic carbocycles. The Morgan fingerprint density at radius 2 is 2.14 bits per heavy atom. The lowest BCUT2D eigenvalue weighted by Crippen LogP contribution is -2.46. The monoisotopic (exact) mass is 263 g/mol. The summed E-state index contributed by atoms with van der Waals surface area (Å²) in [7, 11) is 0. The van der Waals surface area contributed by atoms with Gasteiger partial charge in [0, 0.05) is 17.9 Å². The third-order valence-electron chi connectivity index (χ3n) is 3.11. The van der Waals surface area contributed by atoms with E-state index in [2.05, 4.69) is 15.9 Å². The zero-order chi connectivity index (χ0) is 10.2. The molecule has 0 saturated carbocycles. The number of rotatable bonds is 0. The zero-order valence-electron chi connectivity index (χ0n) is 7.91. The number of hydrogen-bond donors (Lipinski definition) is 1. The molecule has 1 spiro atoms. The first-order chi connectivity index (χ1) is 6.61. The van der Waals surface area contributed by atoms with E-state index in [1.807, 2.05) is 0 Å². The van der Waals surface area contributed by atoms with Crippen LogP contribution in [0.2, 0.25) is 0 Å². The van der Waals surface area contributed by atoms with E-state index in [1.165, 1.54) is 4.90 Å². The first-order valence-corrected chi connectivity index (χ1v) is 5.79. The summed E-state index contributed by atoms with van der Waals surface area (Å²) in [6.45, 7) is 1.97. The highest BCUT2D eigenvalue weighted by atomic mass is 79.9. The van der Waals surface area contributed by atoms with E-state index in [4.69, 9.17) is 9.84 Å². The van der Waals surface area contributed by atoms with Crippen LogP contribution in [0.25, 0.3) is 0 Å². The van der Waals surface area contributed by atoms with Gasteiger partial charge in [-0.2, -0.15) is 0 Å². The Kier molecular flexibility index (Phi) is 2.70. The number of nitrogens with zero attached hydrogens (tertiary/aromatic N) is 1. The van der Waals surface area contributed by atoms with Crippen molar-refractivity contribution < 1.29 is 14.6 Å². The number of halogens is 1. The summed E-state index contributed by atoms with van der Waals surface area (Å²) >= 11 is 3.54. The van der Waals surface area contributed by atoms with Crippen LogP contribution >= 0.6 is 15.9 Å². The van der Waals surface area contributed by atoms with Crippen LogP contribution < -0.4 is 0 Å². The van der Waals surface area contributed by atoms with Crippen molar-refractivity contribution in [2.24, 2.45) is 0 Å². The van der Waals surface area contributed by atoms with Gasteiger partial charge in [-0.05, 0) is 19.3 Å². The van der Waals surface area contributed by atoms with Crippen LogP contribution in [0.5, 0.6) is 0 Å². The molecule has 2 saturated heterocycles. The molecule has 1 N–H and O–H groups in total. The zero-order valence-corrected chi connectivity index (χ0v) is 9.49. The van der Waals surface area contributed by atoms with Gasteiger partial charge in [0.25, 0.3) is 0 Å². The van der Waals surface area contributed by atoms with Gasteiger partial charge < -0.3 is 14.7 Å². The summed E-state index contributed by atoms with van der Waals surface area (Å²) < 4.78 is 5.76. The van der Waals surface area contributed by atoms with E-state index in [9.17, 15) is 4.79 Å². The molecule has 2 fully saturated rings. The minimum Gasteiger partial charge on any atom is -0.465 e. The van der Waals surface area contributed by atoms with Gasteiger partial charge in [0.05, 0.1) is 12.2 Å². The topological polar surface area (TPSA) is 49.8 Å². The first-order valence-electron chi connectivity index (χ1n) is 4.87. The third-order valence-corrected chi connectivity index (χ3v) is 3.70. The Labute approximate surface area is 91.3 Å². The van der Waals surface area contributed by atoms with Crippen LogP contribution in [0.4, 0.5) is 4.79 Å². The fraction of sp³-hybridized carbons (Fsp3) is 0.889. The minimum atomic E-state index is -0.812. The van der Waals surface area contributed by atoms with E-state index in [1.54, 1.807) is 0 Å². The number of carboxylic acid groups (broad SMARTS) is 1. The summed E-state index contributed by atoms with van der Waals surface area (Å²) in [5, 5.41) is 8.80. The van der Waals surface area contributed by atoms with Gasteiger partial charge in [0.15, 0.2) is 0 Å². The van der Waals surface area contributed by atoms with Crippen molar-refractivity contribution >= 4 is 22.0 Å². The average Bonchev–Trinajstić information content (AvgIpc) is 2.48. The lowest BCUT2D eigenvalue weighted by atomic mass is 9.89. The SMILES string of the molecule is O=C(O)N1CCC2(CC1)C[C@H](Br)CO2. The lowest BCUT2D eigenvalue weighted by Gasteiger charge is -2.37. The predicted octanol–water partition coefficient (Wildman–Crippen LogP) is 1.68. The Morgan fingerprint density at radius 1 is 1.50 bits per heavy atom. The maximum Gasteiger partial charge on any atom is 0.407 e. The Hall–Kier alpha value is -0.290. The fourth-order valence-corrected chi connectivity index (χ4v) is 2.96. The largest absolute Gasteiger partial charge is 0.465 e. The number of amides is 1. The maximum atomic E-state index is 10.7. The highest BCUT2D eigenvalue weighted by Crippen LogP contribution is 2.38. The Bertz CT molecular complexity index is 238. The van der Waals surface area contributed by atoms with Gasteiger partial charge >= 0.3 is 6.09 Å². The van der Waals surface area contributed by atoms with Gasteiger partial charge in [-0.1, -0.05) is 15.9 Å². The summed E-state index contributed by atoms with van der Waals surface area (Å²) in [6, 6.07) is 0. The fourth-order valence-electron chi connectivity index (χ4n) is 2.24. The molecule has 4 nitrogen and oxygen atoms in total. The molecule has 0 radical (unpaired) electrons. The van der Waals surface area contributed by atoms with Crippen molar-refractivity contribution in [1.82, 2.24) is 4.90 Å². The minimum absolute atomic E-state index is 0.0416. The molecule has 80 valence electrons. The molecule has 2 aliphatic rings. The molecule has 0 aromatic heterocycles. The summed E-state index contributed by atoms with van der Waals surface area (Å²) in [5.74, 6) is 0. The molecule has 2 aliphatic heterocycles. The molecular formula is C9H14BrNO3. The summed E-state index contributed by atoms with van der Waals surface area (Å²) in [4.78, 5) is 12.6. The number of piperidine rings is 1. The first kappa shape index (κ1) is 10.2. The van der Waals surface area contributed by atoms with Gasteiger partial charge in [0.2, 0.25) is 0 Å². The highest BCUT2D eigenvalue weighted by Gasteiger charge is 2.42. The molecule has 2 heterocycles. The van der Waals surface area contributed by atoms with Crippen LogP contribution in [0.3, 0.4) is 0 Å². The van der Waals surface area contributed by atoms with Crippen LogP contribution in [0, 0.1) is 0 Å². The van der Waals surface area contributed by atoms with E-state index in [0.717, 1.165) is 25.9 Å². The molecule has 5 heteroatoms. The van der Waals surface area contributed by atoms with Crippen LogP contribution in [-0.4, -0.2) is 46.2 Å². The number of likely N-dealkylation sites (tertiary alicyclic amines) is 1. The molecule has 0 aromatic rings. The average molecular weight is 264 g/mol. The number of ether oxygens (including phenoxy) is 1. The normalized spacial score (nSPS) is 30.9. The van der Waals surface area contributed by atoms with E-state index in [0.29, 0.717) is 17.9 Å². The van der Waals surface area contributed by atoms with Gasteiger partial charge in [0.1, 0.15) is 0 Å². The predicted molar refractivity (Wildman–Crippen MR) is 54.8 cm³/mol. The lowest BCUT2D eigenvalue weighted by molar-refractivity contribution is -0.0392. The van der Waals surface area contributed by atoms with E-state index < -0.39 is 6.09 Å². The molecule has 14 heavy (non-hydrogen) atoms. The van der Waals surface area contributed by atoms with Crippen molar-refractivity contribution in [1.29, 1.82) is 0 Å². The molecule has 2 rings (SSSR count). The number of carbonyl (C=O) groups is 1. The number of hydrogen-bond acceptors (Lipinski definition) is 2. The van der Waals surface area contributed by atoms with Crippen molar-refractivity contribution in [2.75, 3.05) is 19.7 Å². The van der Waals surface area contributed by atoms with Gasteiger partial charge in [-0.3, -0.25) is 0 Å². The van der Waals surface area contributed by atoms with Crippen molar-refractivity contribution in [3.05, 3.63) is 0 Å². The van der Waals surface area contributed by atoms with Gasteiger partial charge in [-0.25, -0.2) is 4.79 Å². The molecule has 0 aromatic carbocycles. The third kappa shape index (κ3) is 1.88. The molecule has 0 unspecified atom stereocenters. The van der Waals surface area contributed by atoms with Crippen molar-refractivity contribution in [3.63, 3.8) is 0 Å². The van der Waals surface area contributed by atoms with Gasteiger partial charge in [-0.15, -0.1) is 0 Å². The smallest absolute Gasteiger partial charge is 0.407 e. The van der Waals surface area contributed by atoms with Crippen LogP contribution in [-0.2, 0) is 4.74 Å². The second-order valence-corrected chi connectivity index (χ2v) is 5.36. The van der Waals surface area contributed by atoms with Crippen LogP contribution in [0.15, 0.2) is 0 Å². The van der Waals surface area contributed by atoms with E-state index in [-0.39, 0.29) is 5.60 Å². The standard InChI is InChI=1S/C9H14BrNO3/c10-7-5-9(14-6-7)1-3-11(4-2-9)8(12)13/h7H,1-6H2,(H,12,13)/t7-/m0/s1. The summed E-state index contributed by atoms with van der Waals surface area (Å²) in [6.07, 6.45) is 1.87. The quantitative estimate of drug-likeness (QED) is 0.677. The highest BCUT2D eigenvalue weighted by molar-refractivity contribution is 9.09. The second-order valence-electron chi connectivity index (χ2n) is 4.07. The van der Waals surface area contributed by atoms with Crippen LogP contribution in [0.1, 0.15) is 19.3 Å². The van der Waals surface area contributed by atoms with E-state index >= 15 is 0 Å². The second kappa shape index (κ2) is 3.70. The molecule has 1 amide bonds. The molecule has 1 atom stereocenters.